The summed E-state index contributed by atoms with van der Waals surface area (Å²) in [6.45, 7) is 2.07. The Balaban J connectivity index is 1.40. The van der Waals surface area contributed by atoms with Crippen molar-refractivity contribution in [1.82, 2.24) is 24.8 Å². The number of hydrogen-bond acceptors (Lipinski definition) is 8. The summed E-state index contributed by atoms with van der Waals surface area (Å²) >= 11 is 7.98. The van der Waals surface area contributed by atoms with Crippen LogP contribution in [0.25, 0.3) is 10.9 Å². The molecule has 3 heterocycles. The Kier molecular flexibility index (Phi) is 6.57. The van der Waals surface area contributed by atoms with Crippen molar-refractivity contribution >= 4 is 45.8 Å². The van der Waals surface area contributed by atoms with Gasteiger partial charge >= 0.3 is 0 Å². The van der Waals surface area contributed by atoms with Gasteiger partial charge in [-0.05, 0) is 68.0 Å². The molecular weight excluding hydrogens is 456 g/mol. The molecule has 33 heavy (non-hydrogen) atoms. The monoisotopic (exact) mass is 478 g/mol. The van der Waals surface area contributed by atoms with Crippen molar-refractivity contribution in [2.24, 2.45) is 0 Å². The number of piperidine rings is 1. The average molecular weight is 479 g/mol. The maximum absolute atomic E-state index is 6.56. The highest BCUT2D eigenvalue weighted by atomic mass is 35.5. The molecule has 1 aliphatic rings. The fraction of sp³-hybridized carbons (Fsp3) is 0.250. The fourth-order valence-electron chi connectivity index (χ4n) is 3.79. The number of likely N-dealkylation sites (tertiary alicyclic amines) is 1. The van der Waals surface area contributed by atoms with Crippen LogP contribution in [0.5, 0.6) is 5.75 Å². The SMILES string of the molecule is CN1CCC(Oc2cccc3ncnc(Nc4ccc(Sc5ncccn5)c(Cl)c4)c23)CC1. The molecule has 4 aromatic rings. The minimum Gasteiger partial charge on any atom is -0.489 e. The number of nitrogens with one attached hydrogen (secondary N) is 1. The number of anilines is 2. The molecule has 5 rings (SSSR count). The molecular formula is C24H23ClN6OS. The summed E-state index contributed by atoms with van der Waals surface area (Å²) in [6, 6.07) is 13.5. The van der Waals surface area contributed by atoms with E-state index in [2.05, 4.69) is 37.2 Å². The zero-order valence-corrected chi connectivity index (χ0v) is 19.7. The van der Waals surface area contributed by atoms with Crippen molar-refractivity contribution in [3.8, 4) is 5.75 Å². The van der Waals surface area contributed by atoms with Gasteiger partial charge in [-0.1, -0.05) is 17.7 Å². The van der Waals surface area contributed by atoms with Crippen LogP contribution in [0.15, 0.2) is 71.2 Å². The molecule has 0 amide bonds. The number of benzene rings is 2. The van der Waals surface area contributed by atoms with E-state index in [-0.39, 0.29) is 6.10 Å². The lowest BCUT2D eigenvalue weighted by Gasteiger charge is -2.29. The van der Waals surface area contributed by atoms with E-state index >= 15 is 0 Å². The highest BCUT2D eigenvalue weighted by Gasteiger charge is 2.20. The minimum atomic E-state index is 0.186. The summed E-state index contributed by atoms with van der Waals surface area (Å²) in [6.07, 6.45) is 7.18. The lowest BCUT2D eigenvalue weighted by Crippen LogP contribution is -2.35. The topological polar surface area (TPSA) is 76.1 Å². The first-order valence-electron chi connectivity index (χ1n) is 10.8. The molecule has 1 saturated heterocycles. The number of aromatic nitrogens is 4. The minimum absolute atomic E-state index is 0.186. The van der Waals surface area contributed by atoms with Crippen LogP contribution in [0.2, 0.25) is 5.02 Å². The van der Waals surface area contributed by atoms with E-state index in [1.807, 2.05) is 36.4 Å². The lowest BCUT2D eigenvalue weighted by atomic mass is 10.1. The number of fused-ring (bicyclic) bond motifs is 1. The van der Waals surface area contributed by atoms with Crippen LogP contribution in [0.1, 0.15) is 12.8 Å². The van der Waals surface area contributed by atoms with Crippen LogP contribution in [0.3, 0.4) is 0 Å². The summed E-state index contributed by atoms with van der Waals surface area (Å²) in [5.41, 5.74) is 1.66. The van der Waals surface area contributed by atoms with Gasteiger partial charge < -0.3 is 15.0 Å². The van der Waals surface area contributed by atoms with Gasteiger partial charge in [0.05, 0.1) is 15.9 Å². The second-order valence-corrected chi connectivity index (χ2v) is 9.31. The van der Waals surface area contributed by atoms with Gasteiger partial charge in [0.2, 0.25) is 0 Å². The van der Waals surface area contributed by atoms with E-state index in [1.165, 1.54) is 11.8 Å². The molecule has 0 saturated carbocycles. The normalized spacial score (nSPS) is 15.0. The van der Waals surface area contributed by atoms with Gasteiger partial charge in [0.25, 0.3) is 0 Å². The van der Waals surface area contributed by atoms with E-state index in [0.717, 1.165) is 53.2 Å². The zero-order valence-electron chi connectivity index (χ0n) is 18.1. The van der Waals surface area contributed by atoms with Crippen LogP contribution < -0.4 is 10.1 Å². The molecule has 2 aromatic carbocycles. The molecule has 168 valence electrons. The first-order valence-corrected chi connectivity index (χ1v) is 12.0. The Labute approximate surface area is 201 Å². The molecule has 1 aliphatic heterocycles. The standard InChI is InChI=1S/C24H23ClN6OS/c1-31-12-8-17(9-13-31)32-20-5-2-4-19-22(20)23(29-15-28-19)30-16-6-7-21(18(25)14-16)33-24-26-10-3-11-27-24/h2-7,10-11,14-15,17H,8-9,12-13H2,1H3,(H,28,29,30). The van der Waals surface area contributed by atoms with Crippen LogP contribution in [-0.2, 0) is 0 Å². The summed E-state index contributed by atoms with van der Waals surface area (Å²) in [5, 5.41) is 5.53. The number of halogens is 1. The van der Waals surface area contributed by atoms with E-state index in [1.54, 1.807) is 24.8 Å². The smallest absolute Gasteiger partial charge is 0.192 e. The molecule has 0 unspecified atom stereocenters. The van der Waals surface area contributed by atoms with Gasteiger partial charge in [-0.2, -0.15) is 0 Å². The molecule has 1 fully saturated rings. The second kappa shape index (κ2) is 9.91. The quantitative estimate of drug-likeness (QED) is 0.367. The first kappa shape index (κ1) is 21.9. The average Bonchev–Trinajstić information content (AvgIpc) is 2.83. The highest BCUT2D eigenvalue weighted by molar-refractivity contribution is 7.99. The van der Waals surface area contributed by atoms with Gasteiger partial charge in [0.1, 0.15) is 24.0 Å². The predicted molar refractivity (Wildman–Crippen MR) is 132 cm³/mol. The Morgan fingerprint density at radius 3 is 2.64 bits per heavy atom. The molecule has 0 atom stereocenters. The molecule has 0 bridgehead atoms. The van der Waals surface area contributed by atoms with E-state index < -0.39 is 0 Å². The fourth-order valence-corrected chi connectivity index (χ4v) is 4.80. The Morgan fingerprint density at radius 1 is 1.03 bits per heavy atom. The molecule has 9 heteroatoms. The second-order valence-electron chi connectivity index (χ2n) is 7.90. The summed E-state index contributed by atoms with van der Waals surface area (Å²) < 4.78 is 6.41. The molecule has 0 aliphatic carbocycles. The van der Waals surface area contributed by atoms with Crippen LogP contribution in [0.4, 0.5) is 11.5 Å². The highest BCUT2D eigenvalue weighted by Crippen LogP contribution is 2.36. The van der Waals surface area contributed by atoms with E-state index in [0.29, 0.717) is 16.0 Å². The largest absolute Gasteiger partial charge is 0.489 e. The van der Waals surface area contributed by atoms with E-state index in [4.69, 9.17) is 16.3 Å². The summed E-state index contributed by atoms with van der Waals surface area (Å²) in [7, 11) is 2.14. The van der Waals surface area contributed by atoms with Crippen molar-refractivity contribution in [1.29, 1.82) is 0 Å². The summed E-state index contributed by atoms with van der Waals surface area (Å²) in [5.74, 6) is 1.48. The molecule has 0 radical (unpaired) electrons. The maximum atomic E-state index is 6.56. The van der Waals surface area contributed by atoms with Crippen molar-refractivity contribution in [2.75, 3.05) is 25.5 Å². The van der Waals surface area contributed by atoms with Crippen molar-refractivity contribution in [3.05, 3.63) is 66.2 Å². The Bertz CT molecular complexity index is 1250. The third-order valence-electron chi connectivity index (χ3n) is 5.52. The Hall–Kier alpha value is -2.94. The molecule has 1 N–H and O–H groups in total. The van der Waals surface area contributed by atoms with Gasteiger partial charge in [-0.3, -0.25) is 0 Å². The number of ether oxygens (including phenoxy) is 1. The molecule has 0 spiro atoms. The third-order valence-corrected chi connectivity index (χ3v) is 6.92. The maximum Gasteiger partial charge on any atom is 0.192 e. The number of rotatable bonds is 6. The van der Waals surface area contributed by atoms with Crippen LogP contribution >= 0.6 is 23.4 Å². The van der Waals surface area contributed by atoms with Crippen LogP contribution in [-0.4, -0.2) is 51.1 Å². The van der Waals surface area contributed by atoms with Crippen molar-refractivity contribution < 1.29 is 4.74 Å². The molecule has 7 nitrogen and oxygen atoms in total. The van der Waals surface area contributed by atoms with Crippen LogP contribution in [0, 0.1) is 0 Å². The van der Waals surface area contributed by atoms with Crippen molar-refractivity contribution in [3.63, 3.8) is 0 Å². The first-order chi connectivity index (χ1) is 16.2. The predicted octanol–water partition coefficient (Wildman–Crippen LogP) is 5.44. The van der Waals surface area contributed by atoms with Gasteiger partial charge in [-0.15, -0.1) is 0 Å². The summed E-state index contributed by atoms with van der Waals surface area (Å²) in [4.78, 5) is 20.7. The number of hydrogen-bond donors (Lipinski definition) is 1. The van der Waals surface area contributed by atoms with E-state index in [9.17, 15) is 0 Å². The zero-order chi connectivity index (χ0) is 22.6. The van der Waals surface area contributed by atoms with Gasteiger partial charge in [0, 0.05) is 36.1 Å². The number of nitrogens with zero attached hydrogens (tertiary/aromatic N) is 5. The molecule has 2 aromatic heterocycles. The van der Waals surface area contributed by atoms with Gasteiger partial charge in [-0.25, -0.2) is 19.9 Å². The Morgan fingerprint density at radius 2 is 1.85 bits per heavy atom. The van der Waals surface area contributed by atoms with Crippen molar-refractivity contribution in [2.45, 2.75) is 29.0 Å². The third kappa shape index (κ3) is 5.19. The lowest BCUT2D eigenvalue weighted by molar-refractivity contribution is 0.116. The van der Waals surface area contributed by atoms with Gasteiger partial charge in [0.15, 0.2) is 5.16 Å².